The SMILES string of the molecule is Cc1ccc(CNCc2cc(C)cc(Oc3ccc(F)cc3)c2)cc1. The van der Waals surface area contributed by atoms with Crippen LogP contribution in [0.4, 0.5) is 4.39 Å². The van der Waals surface area contributed by atoms with Crippen molar-refractivity contribution < 1.29 is 9.13 Å². The molecular weight excluding hydrogens is 313 g/mol. The average molecular weight is 335 g/mol. The minimum atomic E-state index is -0.266. The first-order valence-electron chi connectivity index (χ1n) is 8.39. The standard InChI is InChI=1S/C22H22FNO/c1-16-3-5-18(6-4-16)14-24-15-19-11-17(2)12-22(13-19)25-21-9-7-20(23)8-10-21/h3-13,24H,14-15H2,1-2H3. The zero-order valence-electron chi connectivity index (χ0n) is 14.6. The van der Waals surface area contributed by atoms with Gasteiger partial charge in [0.15, 0.2) is 0 Å². The number of halogens is 1. The smallest absolute Gasteiger partial charge is 0.128 e. The van der Waals surface area contributed by atoms with Gasteiger partial charge >= 0.3 is 0 Å². The van der Waals surface area contributed by atoms with Crippen LogP contribution in [-0.2, 0) is 13.1 Å². The van der Waals surface area contributed by atoms with Crippen molar-refractivity contribution >= 4 is 0 Å². The monoisotopic (exact) mass is 335 g/mol. The maximum absolute atomic E-state index is 13.0. The van der Waals surface area contributed by atoms with E-state index in [9.17, 15) is 4.39 Å². The van der Waals surface area contributed by atoms with E-state index in [1.807, 2.05) is 19.1 Å². The fraction of sp³-hybridized carbons (Fsp3) is 0.182. The highest BCUT2D eigenvalue weighted by Gasteiger charge is 2.03. The van der Waals surface area contributed by atoms with Gasteiger partial charge in [-0.2, -0.15) is 0 Å². The van der Waals surface area contributed by atoms with Crippen LogP contribution in [0.25, 0.3) is 0 Å². The number of nitrogens with one attached hydrogen (secondary N) is 1. The molecule has 2 nitrogen and oxygen atoms in total. The molecule has 0 bridgehead atoms. The molecule has 1 N–H and O–H groups in total. The Labute approximate surface area is 148 Å². The Balaban J connectivity index is 1.62. The summed E-state index contributed by atoms with van der Waals surface area (Å²) in [6, 6.07) is 20.7. The lowest BCUT2D eigenvalue weighted by Crippen LogP contribution is -2.12. The minimum Gasteiger partial charge on any atom is -0.457 e. The fourth-order valence-corrected chi connectivity index (χ4v) is 2.68. The van der Waals surface area contributed by atoms with E-state index >= 15 is 0 Å². The van der Waals surface area contributed by atoms with Crippen LogP contribution >= 0.6 is 0 Å². The van der Waals surface area contributed by atoms with Crippen LogP contribution in [0.2, 0.25) is 0 Å². The van der Waals surface area contributed by atoms with Crippen LogP contribution in [0, 0.1) is 19.7 Å². The zero-order valence-corrected chi connectivity index (χ0v) is 14.6. The highest BCUT2D eigenvalue weighted by atomic mass is 19.1. The first kappa shape index (κ1) is 17.2. The molecule has 25 heavy (non-hydrogen) atoms. The van der Waals surface area contributed by atoms with Gasteiger partial charge in [-0.25, -0.2) is 4.39 Å². The van der Waals surface area contributed by atoms with Crippen LogP contribution in [0.5, 0.6) is 11.5 Å². The molecule has 3 aromatic rings. The van der Waals surface area contributed by atoms with Gasteiger partial charge in [0.2, 0.25) is 0 Å². The number of benzene rings is 3. The maximum atomic E-state index is 13.0. The van der Waals surface area contributed by atoms with E-state index in [0.717, 1.165) is 30.0 Å². The fourth-order valence-electron chi connectivity index (χ4n) is 2.68. The molecule has 0 unspecified atom stereocenters. The van der Waals surface area contributed by atoms with Crippen molar-refractivity contribution in [3.05, 3.63) is 94.8 Å². The molecule has 0 saturated heterocycles. The molecule has 3 heteroatoms. The van der Waals surface area contributed by atoms with Crippen molar-refractivity contribution in [2.75, 3.05) is 0 Å². The number of aryl methyl sites for hydroxylation is 2. The minimum absolute atomic E-state index is 0.266. The lowest BCUT2D eigenvalue weighted by atomic mass is 10.1. The average Bonchev–Trinajstić information content (AvgIpc) is 2.58. The quantitative estimate of drug-likeness (QED) is 0.640. The lowest BCUT2D eigenvalue weighted by Gasteiger charge is -2.11. The van der Waals surface area contributed by atoms with Gasteiger partial charge in [0, 0.05) is 13.1 Å². The van der Waals surface area contributed by atoms with Gasteiger partial charge in [-0.15, -0.1) is 0 Å². The Morgan fingerprint density at radius 1 is 0.720 bits per heavy atom. The Morgan fingerprint density at radius 2 is 1.40 bits per heavy atom. The molecule has 0 atom stereocenters. The van der Waals surface area contributed by atoms with Gasteiger partial charge < -0.3 is 10.1 Å². The third-order valence-electron chi connectivity index (χ3n) is 3.94. The largest absolute Gasteiger partial charge is 0.457 e. The summed E-state index contributed by atoms with van der Waals surface area (Å²) >= 11 is 0. The van der Waals surface area contributed by atoms with Crippen LogP contribution in [0.15, 0.2) is 66.7 Å². The molecule has 3 aromatic carbocycles. The number of hydrogen-bond acceptors (Lipinski definition) is 2. The summed E-state index contributed by atoms with van der Waals surface area (Å²) in [5, 5.41) is 3.46. The third-order valence-corrected chi connectivity index (χ3v) is 3.94. The molecule has 0 amide bonds. The van der Waals surface area contributed by atoms with Crippen molar-refractivity contribution in [3.63, 3.8) is 0 Å². The van der Waals surface area contributed by atoms with Crippen LogP contribution < -0.4 is 10.1 Å². The van der Waals surface area contributed by atoms with E-state index in [4.69, 9.17) is 4.74 Å². The summed E-state index contributed by atoms with van der Waals surface area (Å²) in [6.45, 7) is 5.71. The Morgan fingerprint density at radius 3 is 2.12 bits per heavy atom. The summed E-state index contributed by atoms with van der Waals surface area (Å²) in [4.78, 5) is 0. The summed E-state index contributed by atoms with van der Waals surface area (Å²) < 4.78 is 18.8. The van der Waals surface area contributed by atoms with Gasteiger partial charge in [0.05, 0.1) is 0 Å². The zero-order chi connectivity index (χ0) is 17.6. The lowest BCUT2D eigenvalue weighted by molar-refractivity contribution is 0.479. The second kappa shape index (κ2) is 7.95. The normalized spacial score (nSPS) is 10.7. The molecule has 128 valence electrons. The number of ether oxygens (including phenoxy) is 1. The maximum Gasteiger partial charge on any atom is 0.128 e. The molecule has 0 aliphatic carbocycles. The van der Waals surface area contributed by atoms with Gasteiger partial charge in [-0.3, -0.25) is 0 Å². The number of rotatable bonds is 6. The Kier molecular flexibility index (Phi) is 5.46. The molecule has 0 spiro atoms. The second-order valence-electron chi connectivity index (χ2n) is 6.30. The highest BCUT2D eigenvalue weighted by Crippen LogP contribution is 2.24. The van der Waals surface area contributed by atoms with Gasteiger partial charge in [-0.05, 0) is 66.9 Å². The topological polar surface area (TPSA) is 21.3 Å². The molecule has 0 aliphatic rings. The molecule has 0 heterocycles. The molecule has 3 rings (SSSR count). The summed E-state index contributed by atoms with van der Waals surface area (Å²) in [5.41, 5.74) is 4.82. The molecule has 0 aromatic heterocycles. The van der Waals surface area contributed by atoms with E-state index in [0.29, 0.717) is 5.75 Å². The van der Waals surface area contributed by atoms with Crippen LogP contribution in [-0.4, -0.2) is 0 Å². The Bertz CT molecular complexity index is 826. The van der Waals surface area contributed by atoms with Crippen molar-refractivity contribution in [2.45, 2.75) is 26.9 Å². The van der Waals surface area contributed by atoms with Crippen molar-refractivity contribution in [1.29, 1.82) is 0 Å². The first-order valence-corrected chi connectivity index (χ1v) is 8.39. The van der Waals surface area contributed by atoms with E-state index < -0.39 is 0 Å². The molecule has 0 saturated carbocycles. The third kappa shape index (κ3) is 5.16. The second-order valence-corrected chi connectivity index (χ2v) is 6.30. The summed E-state index contributed by atoms with van der Waals surface area (Å²) in [6.07, 6.45) is 0. The van der Waals surface area contributed by atoms with E-state index in [2.05, 4.69) is 42.6 Å². The van der Waals surface area contributed by atoms with Gasteiger partial charge in [-0.1, -0.05) is 35.9 Å². The first-order chi connectivity index (χ1) is 12.1. The van der Waals surface area contributed by atoms with Crippen molar-refractivity contribution in [1.82, 2.24) is 5.32 Å². The van der Waals surface area contributed by atoms with Crippen molar-refractivity contribution in [3.8, 4) is 11.5 Å². The molecule has 0 radical (unpaired) electrons. The van der Waals surface area contributed by atoms with E-state index in [-0.39, 0.29) is 5.82 Å². The predicted octanol–water partition coefficient (Wildman–Crippen LogP) is 5.52. The van der Waals surface area contributed by atoms with E-state index in [1.54, 1.807) is 12.1 Å². The molecule has 0 aliphatic heterocycles. The molecule has 0 fully saturated rings. The van der Waals surface area contributed by atoms with Crippen LogP contribution in [0.3, 0.4) is 0 Å². The number of hydrogen-bond donors (Lipinski definition) is 1. The summed E-state index contributed by atoms with van der Waals surface area (Å²) in [5.74, 6) is 1.13. The molecular formula is C22H22FNO. The summed E-state index contributed by atoms with van der Waals surface area (Å²) in [7, 11) is 0. The van der Waals surface area contributed by atoms with E-state index in [1.165, 1.54) is 23.3 Å². The van der Waals surface area contributed by atoms with Crippen LogP contribution in [0.1, 0.15) is 22.3 Å². The van der Waals surface area contributed by atoms with Gasteiger partial charge in [0.25, 0.3) is 0 Å². The van der Waals surface area contributed by atoms with Crippen molar-refractivity contribution in [2.24, 2.45) is 0 Å². The Hall–Kier alpha value is -2.65. The van der Waals surface area contributed by atoms with Gasteiger partial charge in [0.1, 0.15) is 17.3 Å². The predicted molar refractivity (Wildman–Crippen MR) is 99.4 cm³/mol. The highest BCUT2D eigenvalue weighted by molar-refractivity contribution is 5.37.